The smallest absolute Gasteiger partial charge is 0.167 e. The Balaban J connectivity index is 1.02. The maximum atomic E-state index is 6.65. The average Bonchev–Trinajstić information content (AvgIpc) is 4.20. The molecule has 0 spiro atoms. The minimum atomic E-state index is 0.502. The van der Waals surface area contributed by atoms with Gasteiger partial charge in [-0.25, -0.2) is 15.0 Å². The quantitative estimate of drug-likeness (QED) is 0.152. The highest BCUT2D eigenvalue weighted by Crippen LogP contribution is 2.46. The number of fused-ring (bicyclic) bond motifs is 9. The van der Waals surface area contributed by atoms with E-state index in [0.29, 0.717) is 17.5 Å². The van der Waals surface area contributed by atoms with E-state index < -0.39 is 0 Å². The molecule has 75 heavy (non-hydrogen) atoms. The Morgan fingerprint density at radius 1 is 0.253 bits per heavy atom. The van der Waals surface area contributed by atoms with Gasteiger partial charge in [-0.2, -0.15) is 0 Å². The second kappa shape index (κ2) is 17.3. The molecular formula is C69H42N4O2. The molecule has 4 aromatic heterocycles. The predicted octanol–water partition coefficient (Wildman–Crippen LogP) is 18.4. The van der Waals surface area contributed by atoms with E-state index in [-0.39, 0.29) is 0 Å². The molecular weight excluding hydrogens is 917 g/mol. The van der Waals surface area contributed by atoms with Gasteiger partial charge >= 0.3 is 0 Å². The number of benzene rings is 11. The van der Waals surface area contributed by atoms with Crippen molar-refractivity contribution in [2.75, 3.05) is 0 Å². The number of para-hydroxylation sites is 3. The molecule has 0 saturated carbocycles. The molecule has 0 unspecified atom stereocenters. The molecule has 4 heterocycles. The lowest BCUT2D eigenvalue weighted by molar-refractivity contribution is 0.668. The summed E-state index contributed by atoms with van der Waals surface area (Å²) in [5, 5.41) is 6.45. The second-order valence-corrected chi connectivity index (χ2v) is 19.1. The highest BCUT2D eigenvalue weighted by Gasteiger charge is 2.25. The lowest BCUT2D eigenvalue weighted by Gasteiger charge is -2.21. The van der Waals surface area contributed by atoms with Crippen molar-refractivity contribution in [3.63, 3.8) is 0 Å². The Morgan fingerprint density at radius 3 is 1.29 bits per heavy atom. The molecule has 0 atom stereocenters. The van der Waals surface area contributed by atoms with Crippen LogP contribution in [-0.2, 0) is 0 Å². The molecule has 15 rings (SSSR count). The number of hydrogen-bond acceptors (Lipinski definition) is 5. The van der Waals surface area contributed by atoms with Crippen LogP contribution in [0.5, 0.6) is 0 Å². The van der Waals surface area contributed by atoms with Gasteiger partial charge in [-0.3, -0.25) is 0 Å². The van der Waals surface area contributed by atoms with Crippen LogP contribution in [0.15, 0.2) is 264 Å². The van der Waals surface area contributed by atoms with Crippen LogP contribution in [0.4, 0.5) is 0 Å². The molecule has 0 bridgehead atoms. The lowest BCUT2D eigenvalue weighted by atomic mass is 9.92. The third kappa shape index (κ3) is 7.14. The lowest BCUT2D eigenvalue weighted by Crippen LogP contribution is -2.04. The molecule has 6 nitrogen and oxygen atoms in total. The monoisotopic (exact) mass is 958 g/mol. The molecule has 0 N–H and O–H groups in total. The maximum Gasteiger partial charge on any atom is 0.167 e. The number of nitrogens with zero attached hydrogens (tertiary/aromatic N) is 4. The SMILES string of the molecule is c1ccc(-c2ccc3c(c2)c2cc(-c4ccccc4)ccc2n3-c2c(-c3ccccc3)cc(-c3nc(-c4ccc5c(c4)oc4ccccc45)nc(-c4cccc5c4oc4ccccc45)n3)cc2-c2ccccc2)cc1. The number of rotatable bonds is 8. The van der Waals surface area contributed by atoms with E-state index in [4.69, 9.17) is 23.8 Å². The maximum absolute atomic E-state index is 6.65. The van der Waals surface area contributed by atoms with E-state index in [2.05, 4.69) is 211 Å². The fourth-order valence-corrected chi connectivity index (χ4v) is 11.1. The van der Waals surface area contributed by atoms with Crippen LogP contribution in [0.3, 0.4) is 0 Å². The summed E-state index contributed by atoms with van der Waals surface area (Å²) in [5.41, 5.74) is 17.6. The Hall–Kier alpha value is -10.2. The topological polar surface area (TPSA) is 69.9 Å². The zero-order chi connectivity index (χ0) is 49.4. The van der Waals surface area contributed by atoms with Gasteiger partial charge in [0, 0.05) is 54.6 Å². The van der Waals surface area contributed by atoms with Gasteiger partial charge in [0.2, 0.25) is 0 Å². The Kier molecular flexibility index (Phi) is 9.78. The van der Waals surface area contributed by atoms with Gasteiger partial charge in [-0.1, -0.05) is 188 Å². The first-order valence-electron chi connectivity index (χ1n) is 25.2. The molecule has 0 amide bonds. The van der Waals surface area contributed by atoms with Crippen LogP contribution in [0.1, 0.15) is 0 Å². The van der Waals surface area contributed by atoms with Gasteiger partial charge in [-0.15, -0.1) is 0 Å². The van der Waals surface area contributed by atoms with Crippen molar-refractivity contribution in [1.29, 1.82) is 0 Å². The Morgan fingerprint density at radius 2 is 0.707 bits per heavy atom. The second-order valence-electron chi connectivity index (χ2n) is 19.1. The van der Waals surface area contributed by atoms with E-state index in [0.717, 1.165) is 111 Å². The third-order valence-corrected chi connectivity index (χ3v) is 14.7. The largest absolute Gasteiger partial charge is 0.456 e. The number of aromatic nitrogens is 4. The minimum absolute atomic E-state index is 0.502. The zero-order valence-corrected chi connectivity index (χ0v) is 40.4. The molecule has 15 aromatic rings. The van der Waals surface area contributed by atoms with Crippen LogP contribution in [-0.4, -0.2) is 19.5 Å². The summed E-state index contributed by atoms with van der Waals surface area (Å²) in [6.07, 6.45) is 0. The van der Waals surface area contributed by atoms with E-state index in [1.807, 2.05) is 48.5 Å². The van der Waals surface area contributed by atoms with Gasteiger partial charge in [0.15, 0.2) is 17.5 Å². The molecule has 6 heteroatoms. The summed E-state index contributed by atoms with van der Waals surface area (Å²) in [7, 11) is 0. The van der Waals surface area contributed by atoms with Gasteiger partial charge < -0.3 is 13.4 Å². The minimum Gasteiger partial charge on any atom is -0.456 e. The van der Waals surface area contributed by atoms with Crippen molar-refractivity contribution < 1.29 is 8.83 Å². The molecule has 0 aliphatic rings. The number of furan rings is 2. The van der Waals surface area contributed by atoms with E-state index >= 15 is 0 Å². The molecule has 0 fully saturated rings. The first kappa shape index (κ1) is 42.5. The van der Waals surface area contributed by atoms with Gasteiger partial charge in [0.25, 0.3) is 0 Å². The zero-order valence-electron chi connectivity index (χ0n) is 40.4. The van der Waals surface area contributed by atoms with Crippen molar-refractivity contribution in [2.24, 2.45) is 0 Å². The number of hydrogen-bond donors (Lipinski definition) is 0. The van der Waals surface area contributed by atoms with Crippen LogP contribution in [0, 0.1) is 0 Å². The van der Waals surface area contributed by atoms with Crippen LogP contribution in [0.25, 0.3) is 150 Å². The average molecular weight is 959 g/mol. The molecule has 0 saturated heterocycles. The van der Waals surface area contributed by atoms with E-state index in [1.54, 1.807) is 0 Å². The fourth-order valence-electron chi connectivity index (χ4n) is 11.1. The summed E-state index contributed by atoms with van der Waals surface area (Å²) >= 11 is 0. The molecule has 0 radical (unpaired) electrons. The van der Waals surface area contributed by atoms with Crippen molar-refractivity contribution in [3.05, 3.63) is 255 Å². The Labute approximate surface area is 431 Å². The van der Waals surface area contributed by atoms with Gasteiger partial charge in [0.1, 0.15) is 22.3 Å². The highest BCUT2D eigenvalue weighted by molar-refractivity contribution is 6.14. The summed E-state index contributed by atoms with van der Waals surface area (Å²) in [4.78, 5) is 16.2. The van der Waals surface area contributed by atoms with Crippen molar-refractivity contribution in [2.45, 2.75) is 0 Å². The standard InChI is InChI=1S/C69H42N4O2/c1-5-18-43(19-6-1)47-33-36-60-58(38-47)59-39-48(44-20-7-2-8-21-44)34-37-61(59)73(60)65-56(45-22-9-3-10-23-45)40-50(41-57(65)46-24-11-4-12-25-46)68-70-67(49-32-35-53-51-26-13-15-30-62(51)74-64(53)42-49)71-69(72-68)55-29-17-28-54-52-27-14-16-31-63(52)75-66(54)55/h1-42H. The van der Waals surface area contributed by atoms with Crippen molar-refractivity contribution >= 4 is 65.7 Å². The normalized spacial score (nSPS) is 11.7. The van der Waals surface area contributed by atoms with E-state index in [1.165, 1.54) is 21.9 Å². The first-order valence-corrected chi connectivity index (χ1v) is 25.2. The molecule has 11 aromatic carbocycles. The fraction of sp³-hybridized carbons (Fsp3) is 0. The first-order chi connectivity index (χ1) is 37.2. The highest BCUT2D eigenvalue weighted by atomic mass is 16.3. The predicted molar refractivity (Wildman–Crippen MR) is 307 cm³/mol. The third-order valence-electron chi connectivity index (χ3n) is 14.7. The summed E-state index contributed by atoms with van der Waals surface area (Å²) < 4.78 is 15.6. The molecule has 350 valence electrons. The van der Waals surface area contributed by atoms with Crippen LogP contribution < -0.4 is 0 Å². The van der Waals surface area contributed by atoms with Crippen LogP contribution in [0.2, 0.25) is 0 Å². The van der Waals surface area contributed by atoms with E-state index in [9.17, 15) is 0 Å². The molecule has 0 aliphatic heterocycles. The van der Waals surface area contributed by atoms with Gasteiger partial charge in [-0.05, 0) is 100 Å². The van der Waals surface area contributed by atoms with Crippen molar-refractivity contribution in [1.82, 2.24) is 19.5 Å². The summed E-state index contributed by atoms with van der Waals surface area (Å²) in [6, 6.07) is 89.7. The summed E-state index contributed by atoms with van der Waals surface area (Å²) in [5.74, 6) is 1.54. The van der Waals surface area contributed by atoms with Crippen LogP contribution >= 0.6 is 0 Å². The summed E-state index contributed by atoms with van der Waals surface area (Å²) in [6.45, 7) is 0. The van der Waals surface area contributed by atoms with Gasteiger partial charge in [0.05, 0.1) is 22.3 Å². The van der Waals surface area contributed by atoms with Crippen molar-refractivity contribution in [3.8, 4) is 84.4 Å². The molecule has 0 aliphatic carbocycles. The Bertz CT molecular complexity index is 4530.